The number of halogens is 1. The molecule has 1 amide bonds. The van der Waals surface area contributed by atoms with Gasteiger partial charge in [0.25, 0.3) is 17.0 Å². The summed E-state index contributed by atoms with van der Waals surface area (Å²) < 4.78 is 50.9. The predicted molar refractivity (Wildman–Crippen MR) is 200 cm³/mol. The highest BCUT2D eigenvalue weighted by atomic mass is 35.5. The Morgan fingerprint density at radius 2 is 1.13 bits per heavy atom. The van der Waals surface area contributed by atoms with E-state index in [1.165, 1.54) is 33.6 Å². The van der Waals surface area contributed by atoms with Crippen molar-refractivity contribution in [1.29, 1.82) is 0 Å². The maximum atomic E-state index is 13.1. The fourth-order valence-corrected chi connectivity index (χ4v) is 9.16. The van der Waals surface area contributed by atoms with Crippen LogP contribution in [0.25, 0.3) is 0 Å². The van der Waals surface area contributed by atoms with Gasteiger partial charge in [-0.25, -0.2) is 21.6 Å². The average molecular weight is 776 g/mol. The zero-order valence-electron chi connectivity index (χ0n) is 28.5. The number of sulfone groups is 2. The van der Waals surface area contributed by atoms with Crippen molar-refractivity contribution in [1.82, 2.24) is 9.13 Å². The Hall–Kier alpha value is -5.31. The lowest BCUT2D eigenvalue weighted by atomic mass is 10.1. The fourth-order valence-electron chi connectivity index (χ4n) is 7.05. The van der Waals surface area contributed by atoms with Gasteiger partial charge in [-0.3, -0.25) is 14.4 Å². The number of carbonyl (C=O) groups excluding carboxylic acids is 1. The van der Waals surface area contributed by atoms with Crippen molar-refractivity contribution < 1.29 is 31.5 Å². The number of nitrogens with zero attached hydrogens (tertiary/aromatic N) is 2. The number of hydrogen-bond donors (Lipinski definition) is 2. The van der Waals surface area contributed by atoms with E-state index in [2.05, 4.69) is 5.32 Å². The highest BCUT2D eigenvalue weighted by Gasteiger charge is 2.31. The number of hydrogen-bond acceptors (Lipinski definition) is 8. The van der Waals surface area contributed by atoms with Gasteiger partial charge in [0.05, 0.1) is 21.9 Å². The first kappa shape index (κ1) is 37.4. The zero-order valence-corrected chi connectivity index (χ0v) is 30.9. The summed E-state index contributed by atoms with van der Waals surface area (Å²) >= 11 is 5.86. The molecule has 12 nitrogen and oxygen atoms in total. The van der Waals surface area contributed by atoms with E-state index in [-0.39, 0.29) is 28.1 Å². The van der Waals surface area contributed by atoms with Gasteiger partial charge >= 0.3 is 5.97 Å². The Bertz CT molecular complexity index is 2620. The van der Waals surface area contributed by atoms with Gasteiger partial charge in [-0.1, -0.05) is 35.9 Å². The number of nitrogens with one attached hydrogen (secondary N) is 1. The summed E-state index contributed by atoms with van der Waals surface area (Å²) in [7, 11) is -6.71. The van der Waals surface area contributed by atoms with E-state index < -0.39 is 42.7 Å². The maximum Gasteiger partial charge on any atom is 0.341 e. The third-order valence-electron chi connectivity index (χ3n) is 9.39. The van der Waals surface area contributed by atoms with E-state index in [1.807, 2.05) is 6.07 Å². The van der Waals surface area contributed by atoms with Crippen molar-refractivity contribution in [3.8, 4) is 0 Å². The monoisotopic (exact) mass is 775 g/mol. The molecule has 0 aliphatic heterocycles. The van der Waals surface area contributed by atoms with Crippen LogP contribution in [0.5, 0.6) is 0 Å². The van der Waals surface area contributed by atoms with Gasteiger partial charge in [-0.05, 0) is 109 Å². The molecule has 0 bridgehead atoms. The Labute approximate surface area is 310 Å². The first-order valence-corrected chi connectivity index (χ1v) is 20.6. The van der Waals surface area contributed by atoms with E-state index in [0.717, 1.165) is 22.9 Å². The summed E-state index contributed by atoms with van der Waals surface area (Å²) in [6, 6.07) is 22.0. The Balaban J connectivity index is 0.000000188. The van der Waals surface area contributed by atoms with Crippen LogP contribution in [-0.4, -0.2) is 55.5 Å². The van der Waals surface area contributed by atoms with Gasteiger partial charge in [0.1, 0.15) is 11.1 Å². The number of carboxylic acid groups (broad SMARTS) is 1. The topological polar surface area (TPSA) is 179 Å². The normalized spacial score (nSPS) is 16.2. The summed E-state index contributed by atoms with van der Waals surface area (Å²) in [6.07, 6.45) is 7.76. The lowest BCUT2D eigenvalue weighted by molar-refractivity contribution is 0.0693. The van der Waals surface area contributed by atoms with E-state index in [9.17, 15) is 36.0 Å². The molecule has 0 saturated carbocycles. The molecule has 2 atom stereocenters. The minimum Gasteiger partial charge on any atom is -0.477 e. The highest BCUT2D eigenvalue weighted by molar-refractivity contribution is 7.91. The minimum atomic E-state index is -3.36. The number of anilines is 1. The molecule has 0 radical (unpaired) electrons. The standard InChI is InChI=1S/C22H19ClN2O4S.C16H15NO5S/c1-30(28,29)20-6-2-4-16-17(20)11-12-19(16)25-13-3-5-18(22(25)27)21(26)24-15-9-7-14(23)8-10-15;1-23(21,22)14-6-2-4-10-11(14)7-8-13(10)17-9-3-5-12(15(17)18)16(19)20/h2-10,13,19H,11-12H2,1H3,(H,24,26);2-6,9,13H,7-8H2,1H3,(H,19,20). The van der Waals surface area contributed by atoms with Crippen LogP contribution in [0.3, 0.4) is 0 Å². The molecule has 2 aliphatic carbocycles. The first-order chi connectivity index (χ1) is 25.1. The van der Waals surface area contributed by atoms with Gasteiger partial charge in [0.2, 0.25) is 0 Å². The molecule has 15 heteroatoms. The van der Waals surface area contributed by atoms with Gasteiger partial charge in [0.15, 0.2) is 19.7 Å². The third kappa shape index (κ3) is 7.61. The Morgan fingerprint density at radius 1 is 0.679 bits per heavy atom. The average Bonchev–Trinajstić information content (AvgIpc) is 3.73. The number of amides is 1. The van der Waals surface area contributed by atoms with Crippen molar-refractivity contribution in [2.24, 2.45) is 0 Å². The summed E-state index contributed by atoms with van der Waals surface area (Å²) in [4.78, 5) is 49.8. The van der Waals surface area contributed by atoms with Crippen LogP contribution in [0.1, 0.15) is 67.9 Å². The molecule has 274 valence electrons. The summed E-state index contributed by atoms with van der Waals surface area (Å²) in [6.45, 7) is 0. The first-order valence-electron chi connectivity index (χ1n) is 16.4. The molecular weight excluding hydrogens is 742 g/mol. The zero-order chi connectivity index (χ0) is 38.2. The fraction of sp³-hybridized carbons (Fsp3) is 0.211. The molecule has 2 N–H and O–H groups in total. The van der Waals surface area contributed by atoms with Crippen molar-refractivity contribution in [2.45, 2.75) is 47.6 Å². The number of aromatic carboxylic acids is 1. The second kappa shape index (κ2) is 14.6. The number of carbonyl (C=O) groups is 2. The highest BCUT2D eigenvalue weighted by Crippen LogP contribution is 2.38. The van der Waals surface area contributed by atoms with Crippen LogP contribution in [0.2, 0.25) is 5.02 Å². The van der Waals surface area contributed by atoms with Crippen LogP contribution in [0, 0.1) is 0 Å². The van der Waals surface area contributed by atoms with E-state index in [0.29, 0.717) is 46.9 Å². The molecule has 7 rings (SSSR count). The van der Waals surface area contributed by atoms with E-state index in [1.54, 1.807) is 73.1 Å². The van der Waals surface area contributed by atoms with Crippen LogP contribution in [-0.2, 0) is 32.5 Å². The van der Waals surface area contributed by atoms with E-state index >= 15 is 0 Å². The number of aromatic nitrogens is 2. The van der Waals surface area contributed by atoms with Crippen molar-refractivity contribution >= 4 is 48.8 Å². The predicted octanol–water partition coefficient (Wildman–Crippen LogP) is 5.18. The van der Waals surface area contributed by atoms with Gasteiger partial charge < -0.3 is 19.6 Å². The molecule has 0 spiro atoms. The number of fused-ring (bicyclic) bond motifs is 2. The van der Waals surface area contributed by atoms with E-state index in [4.69, 9.17) is 16.7 Å². The lowest BCUT2D eigenvalue weighted by Crippen LogP contribution is -2.31. The number of pyridine rings is 2. The Morgan fingerprint density at radius 3 is 1.58 bits per heavy atom. The smallest absolute Gasteiger partial charge is 0.341 e. The molecule has 0 fully saturated rings. The van der Waals surface area contributed by atoms with Gasteiger partial charge in [-0.15, -0.1) is 0 Å². The summed E-state index contributed by atoms with van der Waals surface area (Å²) in [5.74, 6) is -1.78. The molecule has 2 aromatic heterocycles. The summed E-state index contributed by atoms with van der Waals surface area (Å²) in [5.41, 5.74) is 2.27. The molecule has 3 aromatic carbocycles. The second-order valence-corrected chi connectivity index (χ2v) is 17.2. The van der Waals surface area contributed by atoms with Crippen LogP contribution >= 0.6 is 11.6 Å². The van der Waals surface area contributed by atoms with Gasteiger partial charge in [-0.2, -0.15) is 0 Å². The molecule has 2 heterocycles. The molecule has 5 aromatic rings. The van der Waals surface area contributed by atoms with Crippen molar-refractivity contribution in [3.63, 3.8) is 0 Å². The number of benzene rings is 3. The van der Waals surface area contributed by atoms with Gasteiger partial charge in [0, 0.05) is 35.6 Å². The number of rotatable bonds is 7. The maximum absolute atomic E-state index is 13.1. The second-order valence-electron chi connectivity index (χ2n) is 12.8. The Kier molecular flexibility index (Phi) is 10.3. The minimum absolute atomic E-state index is 0.0140. The van der Waals surface area contributed by atoms with Crippen LogP contribution in [0.15, 0.2) is 117 Å². The van der Waals surface area contributed by atoms with Crippen molar-refractivity contribution in [3.05, 3.63) is 156 Å². The molecule has 2 aliphatic rings. The third-order valence-corrected chi connectivity index (χ3v) is 12.0. The molecule has 0 saturated heterocycles. The summed E-state index contributed by atoms with van der Waals surface area (Å²) in [5, 5.41) is 12.3. The lowest BCUT2D eigenvalue weighted by Gasteiger charge is -2.17. The van der Waals surface area contributed by atoms with Crippen LogP contribution in [0.4, 0.5) is 5.69 Å². The SMILES string of the molecule is CS(=O)(=O)c1cccc2c1CCC2n1cccc(C(=O)Nc2ccc(Cl)cc2)c1=O.CS(=O)(=O)c1cccc2c1CCC2n1cccc(C(=O)O)c1=O. The number of carboxylic acids is 1. The molecule has 2 unspecified atom stereocenters. The molecular formula is C38H34ClN3O9S2. The molecule has 53 heavy (non-hydrogen) atoms. The van der Waals surface area contributed by atoms with Crippen LogP contribution < -0.4 is 16.4 Å². The quantitative estimate of drug-likeness (QED) is 0.226. The van der Waals surface area contributed by atoms with Crippen molar-refractivity contribution in [2.75, 3.05) is 17.8 Å². The largest absolute Gasteiger partial charge is 0.477 e.